The molecule has 0 bridgehead atoms. The van der Waals surface area contributed by atoms with Gasteiger partial charge in [0, 0.05) is 0 Å². The van der Waals surface area contributed by atoms with Crippen LogP contribution in [0.25, 0.3) is 0 Å². The molecule has 5 nitrogen and oxygen atoms in total. The predicted octanol–water partition coefficient (Wildman–Crippen LogP) is 1.32. The second-order valence-electron chi connectivity index (χ2n) is 5.04. The zero-order valence-electron chi connectivity index (χ0n) is 11.3. The Balaban J connectivity index is 1.60. The van der Waals surface area contributed by atoms with E-state index < -0.39 is 16.7 Å². The Bertz CT molecular complexity index is 494. The summed E-state index contributed by atoms with van der Waals surface area (Å²) in [6, 6.07) is 9.92. The third-order valence-electron chi connectivity index (χ3n) is 3.28. The van der Waals surface area contributed by atoms with Gasteiger partial charge in [-0.3, -0.25) is 4.18 Å². The predicted molar refractivity (Wildman–Crippen MR) is 74.6 cm³/mol. The molecule has 1 fully saturated rings. The molecule has 2 rings (SSSR count). The molecule has 0 unspecified atom stereocenters. The maximum Gasteiger partial charge on any atom is 0.269 e. The van der Waals surface area contributed by atoms with Gasteiger partial charge in [0.25, 0.3) is 10.1 Å². The van der Waals surface area contributed by atoms with E-state index in [1.165, 1.54) is 0 Å². The van der Waals surface area contributed by atoms with Crippen molar-refractivity contribution in [2.75, 3.05) is 19.0 Å². The van der Waals surface area contributed by atoms with Crippen LogP contribution in [0.3, 0.4) is 0 Å². The topological polar surface area (TPSA) is 72.8 Å². The molecule has 0 aliphatic heterocycles. The van der Waals surface area contributed by atoms with E-state index in [9.17, 15) is 8.42 Å². The van der Waals surface area contributed by atoms with E-state index in [0.717, 1.165) is 5.56 Å². The second-order valence-corrected chi connectivity index (χ2v) is 6.76. The summed E-state index contributed by atoms with van der Waals surface area (Å²) in [7, 11) is -3.57. The first-order valence-corrected chi connectivity index (χ1v) is 8.30. The van der Waals surface area contributed by atoms with Gasteiger partial charge in [0.1, 0.15) is 0 Å². The van der Waals surface area contributed by atoms with Crippen LogP contribution in [0.15, 0.2) is 30.3 Å². The molecule has 0 aromatic heterocycles. The molecule has 0 atom stereocenters. The number of ether oxygens (including phenoxy) is 1. The number of aliphatic hydroxyl groups is 1. The maximum atomic E-state index is 11.3. The molecular weight excluding hydrogens is 280 g/mol. The second kappa shape index (κ2) is 7.17. The lowest BCUT2D eigenvalue weighted by molar-refractivity contribution is 0.0000553. The Morgan fingerprint density at radius 3 is 2.55 bits per heavy atom. The van der Waals surface area contributed by atoms with Gasteiger partial charge in [0.2, 0.25) is 0 Å². The van der Waals surface area contributed by atoms with Crippen molar-refractivity contribution in [1.82, 2.24) is 0 Å². The molecule has 0 amide bonds. The fraction of sp³-hybridized carbons (Fsp3) is 0.571. The average molecular weight is 300 g/mol. The van der Waals surface area contributed by atoms with Crippen molar-refractivity contribution in [2.45, 2.75) is 25.6 Å². The van der Waals surface area contributed by atoms with Gasteiger partial charge < -0.3 is 9.84 Å². The SMILES string of the molecule is O=S(=O)(CCO)OC1CC(COCc2ccccc2)C1. The molecule has 1 aliphatic rings. The van der Waals surface area contributed by atoms with Crippen LogP contribution in [0.2, 0.25) is 0 Å². The highest BCUT2D eigenvalue weighted by Gasteiger charge is 2.33. The van der Waals surface area contributed by atoms with Crippen molar-refractivity contribution in [3.63, 3.8) is 0 Å². The van der Waals surface area contributed by atoms with Crippen molar-refractivity contribution in [2.24, 2.45) is 5.92 Å². The van der Waals surface area contributed by atoms with Gasteiger partial charge in [-0.1, -0.05) is 30.3 Å². The number of hydrogen-bond acceptors (Lipinski definition) is 5. The Morgan fingerprint density at radius 1 is 1.20 bits per heavy atom. The number of benzene rings is 1. The van der Waals surface area contributed by atoms with E-state index in [0.29, 0.717) is 32.0 Å². The quantitative estimate of drug-likeness (QED) is 0.733. The fourth-order valence-electron chi connectivity index (χ4n) is 2.17. The van der Waals surface area contributed by atoms with Gasteiger partial charge in [-0.25, -0.2) is 0 Å². The minimum Gasteiger partial charge on any atom is -0.395 e. The fourth-order valence-corrected chi connectivity index (χ4v) is 3.07. The molecule has 20 heavy (non-hydrogen) atoms. The summed E-state index contributed by atoms with van der Waals surface area (Å²) in [6.45, 7) is 0.791. The third-order valence-corrected chi connectivity index (χ3v) is 4.53. The first-order chi connectivity index (χ1) is 9.59. The van der Waals surface area contributed by atoms with Gasteiger partial charge in [-0.15, -0.1) is 0 Å². The Morgan fingerprint density at radius 2 is 1.90 bits per heavy atom. The smallest absolute Gasteiger partial charge is 0.269 e. The molecule has 0 saturated heterocycles. The van der Waals surface area contributed by atoms with Crippen molar-refractivity contribution in [3.8, 4) is 0 Å². The van der Waals surface area contributed by atoms with Crippen LogP contribution in [0.1, 0.15) is 18.4 Å². The zero-order chi connectivity index (χ0) is 14.4. The van der Waals surface area contributed by atoms with Crippen molar-refractivity contribution < 1.29 is 22.4 Å². The molecule has 6 heteroatoms. The Hall–Kier alpha value is -0.950. The van der Waals surface area contributed by atoms with Crippen molar-refractivity contribution >= 4 is 10.1 Å². The third kappa shape index (κ3) is 4.86. The summed E-state index contributed by atoms with van der Waals surface area (Å²) < 4.78 is 33.2. The van der Waals surface area contributed by atoms with Crippen LogP contribution in [0.4, 0.5) is 0 Å². The van der Waals surface area contributed by atoms with Gasteiger partial charge in [0.15, 0.2) is 0 Å². The summed E-state index contributed by atoms with van der Waals surface area (Å²) in [6.07, 6.45) is 1.13. The van der Waals surface area contributed by atoms with Gasteiger partial charge >= 0.3 is 0 Å². The van der Waals surface area contributed by atoms with Gasteiger partial charge in [-0.05, 0) is 24.3 Å². The number of rotatable bonds is 8. The van der Waals surface area contributed by atoms with E-state index in [4.69, 9.17) is 14.0 Å². The van der Waals surface area contributed by atoms with E-state index in [1.807, 2.05) is 30.3 Å². The molecule has 1 aromatic rings. The number of hydrogen-bond donors (Lipinski definition) is 1. The van der Waals surface area contributed by atoms with Crippen LogP contribution in [-0.2, 0) is 25.6 Å². The van der Waals surface area contributed by atoms with E-state index in [2.05, 4.69) is 0 Å². The molecule has 1 saturated carbocycles. The summed E-state index contributed by atoms with van der Waals surface area (Å²) >= 11 is 0. The zero-order valence-corrected chi connectivity index (χ0v) is 12.1. The number of aliphatic hydroxyl groups excluding tert-OH is 1. The van der Waals surface area contributed by atoms with E-state index in [-0.39, 0.29) is 11.9 Å². The highest BCUT2D eigenvalue weighted by atomic mass is 32.2. The molecular formula is C14H20O5S. The highest BCUT2D eigenvalue weighted by molar-refractivity contribution is 7.86. The van der Waals surface area contributed by atoms with Gasteiger partial charge in [-0.2, -0.15) is 8.42 Å². The molecule has 1 aromatic carbocycles. The normalized spacial score (nSPS) is 22.4. The molecule has 112 valence electrons. The van der Waals surface area contributed by atoms with Crippen LogP contribution < -0.4 is 0 Å². The maximum absolute atomic E-state index is 11.3. The average Bonchev–Trinajstić information content (AvgIpc) is 2.36. The lowest BCUT2D eigenvalue weighted by atomic mass is 9.83. The molecule has 0 heterocycles. The molecule has 0 radical (unpaired) electrons. The van der Waals surface area contributed by atoms with E-state index in [1.54, 1.807) is 0 Å². The Kier molecular flexibility index (Phi) is 5.54. The van der Waals surface area contributed by atoms with Crippen LogP contribution in [0.5, 0.6) is 0 Å². The monoisotopic (exact) mass is 300 g/mol. The minimum absolute atomic E-state index is 0.253. The summed E-state index contributed by atoms with van der Waals surface area (Å²) in [4.78, 5) is 0. The molecule has 1 N–H and O–H groups in total. The van der Waals surface area contributed by atoms with Crippen LogP contribution in [-0.4, -0.2) is 38.6 Å². The lowest BCUT2D eigenvalue weighted by Gasteiger charge is -2.34. The highest BCUT2D eigenvalue weighted by Crippen LogP contribution is 2.31. The minimum atomic E-state index is -3.57. The first kappa shape index (κ1) is 15.4. The van der Waals surface area contributed by atoms with E-state index >= 15 is 0 Å². The van der Waals surface area contributed by atoms with Crippen LogP contribution in [0, 0.1) is 5.92 Å². The van der Waals surface area contributed by atoms with Crippen molar-refractivity contribution in [3.05, 3.63) is 35.9 Å². The summed E-state index contributed by atoms with van der Waals surface area (Å²) in [5.41, 5.74) is 1.13. The molecule has 0 spiro atoms. The lowest BCUT2D eigenvalue weighted by Crippen LogP contribution is -2.36. The van der Waals surface area contributed by atoms with Crippen molar-refractivity contribution in [1.29, 1.82) is 0 Å². The standard InChI is InChI=1S/C14H20O5S/c15-6-7-20(16,17)19-14-8-13(9-14)11-18-10-12-4-2-1-3-5-12/h1-5,13-15H,6-11H2. The summed E-state index contributed by atoms with van der Waals surface area (Å²) in [5, 5.41) is 8.60. The first-order valence-electron chi connectivity index (χ1n) is 6.72. The van der Waals surface area contributed by atoms with Gasteiger partial charge in [0.05, 0.1) is 31.7 Å². The largest absolute Gasteiger partial charge is 0.395 e. The summed E-state index contributed by atoms with van der Waals surface area (Å²) in [5.74, 6) is 0.0200. The Labute approximate surface area is 119 Å². The molecule has 1 aliphatic carbocycles. The van der Waals surface area contributed by atoms with Crippen LogP contribution >= 0.6 is 0 Å².